The average molecular weight is 293 g/mol. The Morgan fingerprint density at radius 2 is 1.91 bits per heavy atom. The first-order valence-corrected chi connectivity index (χ1v) is 7.55. The van der Waals surface area contributed by atoms with Gasteiger partial charge in [-0.3, -0.25) is 0 Å². The summed E-state index contributed by atoms with van der Waals surface area (Å²) in [6.07, 6.45) is 1.60. The zero-order chi connectivity index (χ0) is 15.4. The first-order chi connectivity index (χ1) is 10.7. The van der Waals surface area contributed by atoms with Crippen molar-refractivity contribution in [1.82, 2.24) is 0 Å². The number of benzene rings is 2. The Bertz CT molecular complexity index is 836. The Hall–Kier alpha value is -2.55. The number of fused-ring (bicyclic) bond motifs is 1. The quantitative estimate of drug-likeness (QED) is 0.567. The van der Waals surface area contributed by atoms with E-state index in [0.29, 0.717) is 12.0 Å². The second-order valence-corrected chi connectivity index (χ2v) is 5.50. The van der Waals surface area contributed by atoms with Gasteiger partial charge < -0.3 is 9.73 Å². The van der Waals surface area contributed by atoms with E-state index < -0.39 is 0 Å². The Morgan fingerprint density at radius 3 is 2.77 bits per heavy atom. The Kier molecular flexibility index (Phi) is 4.24. The van der Waals surface area contributed by atoms with Gasteiger partial charge in [0.05, 0.1) is 0 Å². The normalized spacial score (nSPS) is 10.8. The van der Waals surface area contributed by atoms with Gasteiger partial charge >= 0.3 is 5.63 Å². The van der Waals surface area contributed by atoms with Gasteiger partial charge in [-0.05, 0) is 49.6 Å². The van der Waals surface area contributed by atoms with E-state index in [0.717, 1.165) is 29.6 Å². The maximum absolute atomic E-state index is 12.0. The van der Waals surface area contributed by atoms with Crippen LogP contribution in [-0.2, 0) is 6.42 Å². The molecule has 0 radical (unpaired) electrons. The van der Waals surface area contributed by atoms with Crippen molar-refractivity contribution in [2.24, 2.45) is 0 Å². The first-order valence-electron chi connectivity index (χ1n) is 7.55. The molecule has 0 fully saturated rings. The van der Waals surface area contributed by atoms with Gasteiger partial charge in [0.1, 0.15) is 5.58 Å². The van der Waals surface area contributed by atoms with Gasteiger partial charge in [0.25, 0.3) is 0 Å². The summed E-state index contributed by atoms with van der Waals surface area (Å²) in [6, 6.07) is 17.8. The summed E-state index contributed by atoms with van der Waals surface area (Å²) in [6.45, 7) is 2.90. The number of hydrogen-bond donors (Lipinski definition) is 1. The van der Waals surface area contributed by atoms with E-state index in [1.54, 1.807) is 0 Å². The molecule has 0 saturated heterocycles. The van der Waals surface area contributed by atoms with E-state index in [1.807, 2.05) is 36.4 Å². The van der Waals surface area contributed by atoms with Crippen molar-refractivity contribution >= 4 is 16.7 Å². The smallest absolute Gasteiger partial charge is 0.339 e. The summed E-state index contributed by atoms with van der Waals surface area (Å²) >= 11 is 0. The highest BCUT2D eigenvalue weighted by Crippen LogP contribution is 2.14. The SMILES string of the molecule is Cc1cccc(NCCCc2cc3ccccc3oc2=O)c1. The van der Waals surface area contributed by atoms with E-state index >= 15 is 0 Å². The van der Waals surface area contributed by atoms with Gasteiger partial charge in [0.2, 0.25) is 0 Å². The van der Waals surface area contributed by atoms with Crippen molar-refractivity contribution in [2.75, 3.05) is 11.9 Å². The molecular weight excluding hydrogens is 274 g/mol. The van der Waals surface area contributed by atoms with Gasteiger partial charge in [-0.2, -0.15) is 0 Å². The van der Waals surface area contributed by atoms with Crippen LogP contribution in [0.3, 0.4) is 0 Å². The number of nitrogens with one attached hydrogen (secondary N) is 1. The van der Waals surface area contributed by atoms with Gasteiger partial charge in [-0.15, -0.1) is 0 Å². The van der Waals surface area contributed by atoms with Crippen LogP contribution >= 0.6 is 0 Å². The summed E-state index contributed by atoms with van der Waals surface area (Å²) in [7, 11) is 0. The summed E-state index contributed by atoms with van der Waals surface area (Å²) in [4.78, 5) is 12.0. The molecule has 0 bridgehead atoms. The lowest BCUT2D eigenvalue weighted by Crippen LogP contribution is -2.10. The minimum atomic E-state index is -0.228. The van der Waals surface area contributed by atoms with E-state index in [9.17, 15) is 4.79 Å². The standard InChI is InChI=1S/C19H19NO2/c1-14-6-4-9-17(12-14)20-11-5-8-16-13-15-7-2-3-10-18(15)22-19(16)21/h2-4,6-7,9-10,12-13,20H,5,8,11H2,1H3. The fraction of sp³-hybridized carbons (Fsp3) is 0.211. The van der Waals surface area contributed by atoms with Crippen molar-refractivity contribution < 1.29 is 4.42 Å². The molecule has 1 aromatic heterocycles. The molecule has 0 unspecified atom stereocenters. The zero-order valence-electron chi connectivity index (χ0n) is 12.6. The molecule has 3 nitrogen and oxygen atoms in total. The molecule has 0 aliphatic heterocycles. The van der Waals surface area contributed by atoms with Crippen LogP contribution in [0.4, 0.5) is 5.69 Å². The Morgan fingerprint density at radius 1 is 1.05 bits per heavy atom. The molecule has 0 amide bonds. The van der Waals surface area contributed by atoms with Crippen molar-refractivity contribution in [3.05, 3.63) is 76.1 Å². The van der Waals surface area contributed by atoms with Crippen LogP contribution in [0.2, 0.25) is 0 Å². The number of para-hydroxylation sites is 1. The van der Waals surface area contributed by atoms with Crippen LogP contribution in [0.15, 0.2) is 63.8 Å². The molecule has 0 saturated carbocycles. The van der Waals surface area contributed by atoms with Gasteiger partial charge in [-0.25, -0.2) is 4.79 Å². The minimum Gasteiger partial charge on any atom is -0.423 e. The number of rotatable bonds is 5. The van der Waals surface area contributed by atoms with E-state index in [1.165, 1.54) is 5.56 Å². The zero-order valence-corrected chi connectivity index (χ0v) is 12.6. The highest BCUT2D eigenvalue weighted by molar-refractivity contribution is 5.76. The van der Waals surface area contributed by atoms with E-state index in [4.69, 9.17) is 4.42 Å². The average Bonchev–Trinajstić information content (AvgIpc) is 2.52. The molecular formula is C19H19NO2. The molecule has 3 aromatic rings. The molecule has 1 heterocycles. The number of anilines is 1. The molecule has 0 aliphatic rings. The van der Waals surface area contributed by atoms with Crippen molar-refractivity contribution in [3.63, 3.8) is 0 Å². The Balaban J connectivity index is 1.62. The van der Waals surface area contributed by atoms with E-state index in [2.05, 4.69) is 30.4 Å². The molecule has 3 rings (SSSR count). The summed E-state index contributed by atoms with van der Waals surface area (Å²) in [5.74, 6) is 0. The second-order valence-electron chi connectivity index (χ2n) is 5.50. The predicted molar refractivity (Wildman–Crippen MR) is 90.5 cm³/mol. The van der Waals surface area contributed by atoms with Crippen molar-refractivity contribution in [2.45, 2.75) is 19.8 Å². The first kappa shape index (κ1) is 14.4. The van der Waals surface area contributed by atoms with Crippen LogP contribution in [0.5, 0.6) is 0 Å². The Labute approximate surface area is 129 Å². The van der Waals surface area contributed by atoms with Crippen LogP contribution in [0.25, 0.3) is 11.0 Å². The fourth-order valence-electron chi connectivity index (χ4n) is 2.55. The summed E-state index contributed by atoms with van der Waals surface area (Å²) < 4.78 is 5.35. The molecule has 2 aromatic carbocycles. The van der Waals surface area contributed by atoms with Crippen molar-refractivity contribution in [3.8, 4) is 0 Å². The molecule has 0 atom stereocenters. The van der Waals surface area contributed by atoms with Crippen LogP contribution in [0.1, 0.15) is 17.5 Å². The van der Waals surface area contributed by atoms with Gasteiger partial charge in [0.15, 0.2) is 0 Å². The summed E-state index contributed by atoms with van der Waals surface area (Å²) in [5.41, 5.74) is 3.51. The van der Waals surface area contributed by atoms with Crippen LogP contribution < -0.4 is 10.9 Å². The van der Waals surface area contributed by atoms with E-state index in [-0.39, 0.29) is 5.63 Å². The van der Waals surface area contributed by atoms with Gasteiger partial charge in [-0.1, -0.05) is 30.3 Å². The predicted octanol–water partition coefficient (Wildman–Crippen LogP) is 4.15. The third-order valence-electron chi connectivity index (χ3n) is 3.68. The lowest BCUT2D eigenvalue weighted by Gasteiger charge is -2.07. The maximum atomic E-state index is 12.0. The molecule has 3 heteroatoms. The lowest BCUT2D eigenvalue weighted by molar-refractivity contribution is 0.548. The highest BCUT2D eigenvalue weighted by atomic mass is 16.4. The minimum absolute atomic E-state index is 0.228. The highest BCUT2D eigenvalue weighted by Gasteiger charge is 2.04. The second kappa shape index (κ2) is 6.48. The fourth-order valence-corrected chi connectivity index (χ4v) is 2.55. The van der Waals surface area contributed by atoms with Crippen LogP contribution in [-0.4, -0.2) is 6.54 Å². The number of aryl methyl sites for hydroxylation is 2. The maximum Gasteiger partial charge on any atom is 0.339 e. The number of hydrogen-bond acceptors (Lipinski definition) is 3. The van der Waals surface area contributed by atoms with Gasteiger partial charge in [0, 0.05) is 23.2 Å². The third kappa shape index (κ3) is 3.37. The molecule has 0 aliphatic carbocycles. The largest absolute Gasteiger partial charge is 0.423 e. The lowest BCUT2D eigenvalue weighted by atomic mass is 10.1. The molecule has 1 N–H and O–H groups in total. The molecule has 112 valence electrons. The molecule has 0 spiro atoms. The summed E-state index contributed by atoms with van der Waals surface area (Å²) in [5, 5.41) is 4.36. The topological polar surface area (TPSA) is 42.2 Å². The monoisotopic (exact) mass is 293 g/mol. The van der Waals surface area contributed by atoms with Crippen molar-refractivity contribution in [1.29, 1.82) is 0 Å². The third-order valence-corrected chi connectivity index (χ3v) is 3.68. The molecule has 22 heavy (non-hydrogen) atoms. The van der Waals surface area contributed by atoms with Crippen LogP contribution in [0, 0.1) is 6.92 Å².